The zero-order chi connectivity index (χ0) is 15.5. The molecule has 0 saturated carbocycles. The molecule has 1 fully saturated rings. The normalized spacial score (nSPS) is 18.6. The first-order valence-electron chi connectivity index (χ1n) is 6.68. The standard InChI is InChI=1S/C13H17Br2ClN2O2S/c14-4-7-17-5-1-6-18(9-8-17)21(19,20)11-2-3-13(16)12(15)10-11/h2-3,10H,1,4-9H2. The minimum absolute atomic E-state index is 0.285. The Hall–Kier alpha value is 0.340. The van der Waals surface area contributed by atoms with Crippen LogP contribution in [0.4, 0.5) is 0 Å². The fourth-order valence-electron chi connectivity index (χ4n) is 2.32. The number of hydrogen-bond acceptors (Lipinski definition) is 3. The summed E-state index contributed by atoms with van der Waals surface area (Å²) in [6.07, 6.45) is 0.848. The van der Waals surface area contributed by atoms with Gasteiger partial charge in [0.25, 0.3) is 0 Å². The van der Waals surface area contributed by atoms with Crippen LogP contribution in [0.5, 0.6) is 0 Å². The van der Waals surface area contributed by atoms with Gasteiger partial charge in [0.2, 0.25) is 10.0 Å². The van der Waals surface area contributed by atoms with Crippen molar-refractivity contribution in [3.05, 3.63) is 27.7 Å². The van der Waals surface area contributed by atoms with Gasteiger partial charge in [-0.15, -0.1) is 0 Å². The van der Waals surface area contributed by atoms with Crippen molar-refractivity contribution in [3.63, 3.8) is 0 Å². The summed E-state index contributed by atoms with van der Waals surface area (Å²) in [6, 6.07) is 4.73. The highest BCUT2D eigenvalue weighted by Crippen LogP contribution is 2.27. The molecule has 0 aromatic heterocycles. The van der Waals surface area contributed by atoms with Gasteiger partial charge in [0.05, 0.1) is 9.92 Å². The van der Waals surface area contributed by atoms with Crippen molar-refractivity contribution in [1.29, 1.82) is 0 Å². The van der Waals surface area contributed by atoms with E-state index >= 15 is 0 Å². The van der Waals surface area contributed by atoms with Crippen molar-refractivity contribution in [1.82, 2.24) is 9.21 Å². The number of sulfonamides is 1. The van der Waals surface area contributed by atoms with E-state index < -0.39 is 10.0 Å². The van der Waals surface area contributed by atoms with E-state index in [1.54, 1.807) is 22.5 Å². The molecule has 0 aliphatic carbocycles. The molecule has 1 aromatic rings. The number of rotatable bonds is 4. The lowest BCUT2D eigenvalue weighted by molar-refractivity contribution is 0.305. The summed E-state index contributed by atoms with van der Waals surface area (Å²) in [5.41, 5.74) is 0. The second-order valence-electron chi connectivity index (χ2n) is 4.86. The molecule has 1 heterocycles. The lowest BCUT2D eigenvalue weighted by Crippen LogP contribution is -2.35. The van der Waals surface area contributed by atoms with Crippen molar-refractivity contribution in [3.8, 4) is 0 Å². The van der Waals surface area contributed by atoms with Crippen LogP contribution in [0.25, 0.3) is 0 Å². The third-order valence-corrected chi connectivity index (χ3v) is 6.94. The Morgan fingerprint density at radius 1 is 1.19 bits per heavy atom. The van der Waals surface area contributed by atoms with Gasteiger partial charge in [-0.3, -0.25) is 0 Å². The largest absolute Gasteiger partial charge is 0.301 e. The Morgan fingerprint density at radius 3 is 2.62 bits per heavy atom. The molecular weight excluding hydrogens is 443 g/mol. The van der Waals surface area contributed by atoms with Gasteiger partial charge in [-0.2, -0.15) is 4.31 Å². The van der Waals surface area contributed by atoms with Crippen LogP contribution in [0.15, 0.2) is 27.6 Å². The lowest BCUT2D eigenvalue weighted by Gasteiger charge is -2.21. The van der Waals surface area contributed by atoms with Crippen LogP contribution in [-0.4, -0.2) is 55.7 Å². The second-order valence-corrected chi connectivity index (χ2v) is 8.86. The molecule has 0 radical (unpaired) electrons. The van der Waals surface area contributed by atoms with Crippen LogP contribution < -0.4 is 0 Å². The molecule has 21 heavy (non-hydrogen) atoms. The second kappa shape index (κ2) is 7.75. The van der Waals surface area contributed by atoms with Gasteiger partial charge in [0.15, 0.2) is 0 Å². The molecule has 1 aliphatic heterocycles. The van der Waals surface area contributed by atoms with E-state index in [9.17, 15) is 8.42 Å². The number of nitrogens with zero attached hydrogens (tertiary/aromatic N) is 2. The van der Waals surface area contributed by atoms with Crippen molar-refractivity contribution in [2.24, 2.45) is 0 Å². The maximum Gasteiger partial charge on any atom is 0.243 e. The highest BCUT2D eigenvalue weighted by molar-refractivity contribution is 9.10. The zero-order valence-corrected chi connectivity index (χ0v) is 16.2. The molecule has 2 rings (SSSR count). The molecule has 4 nitrogen and oxygen atoms in total. The highest BCUT2D eigenvalue weighted by Gasteiger charge is 2.27. The molecule has 0 atom stereocenters. The Bertz CT molecular complexity index is 598. The van der Waals surface area contributed by atoms with Crippen molar-refractivity contribution < 1.29 is 8.42 Å². The van der Waals surface area contributed by atoms with Crippen LogP contribution in [0.2, 0.25) is 5.02 Å². The molecule has 1 aliphatic rings. The fraction of sp³-hybridized carbons (Fsp3) is 0.538. The molecule has 0 unspecified atom stereocenters. The summed E-state index contributed by atoms with van der Waals surface area (Å²) in [6.45, 7) is 3.72. The SMILES string of the molecule is O=S(=O)(c1ccc(Cl)c(Br)c1)N1CCCN(CCBr)CC1. The zero-order valence-electron chi connectivity index (χ0n) is 11.4. The molecule has 0 N–H and O–H groups in total. The van der Waals surface area contributed by atoms with E-state index in [2.05, 4.69) is 36.8 Å². The highest BCUT2D eigenvalue weighted by atomic mass is 79.9. The maximum atomic E-state index is 12.7. The minimum atomic E-state index is -3.46. The predicted molar refractivity (Wildman–Crippen MR) is 92.8 cm³/mol. The summed E-state index contributed by atoms with van der Waals surface area (Å²) in [7, 11) is -3.46. The Morgan fingerprint density at radius 2 is 1.95 bits per heavy atom. The molecule has 1 aromatic carbocycles. The molecule has 1 saturated heterocycles. The Labute approximate surface area is 147 Å². The number of hydrogen-bond donors (Lipinski definition) is 0. The number of benzene rings is 1. The van der Waals surface area contributed by atoms with Crippen molar-refractivity contribution >= 4 is 53.5 Å². The van der Waals surface area contributed by atoms with Crippen LogP contribution >= 0.6 is 43.5 Å². The summed E-state index contributed by atoms with van der Waals surface area (Å²) in [4.78, 5) is 2.56. The fourth-order valence-corrected chi connectivity index (χ4v) is 4.96. The molecule has 8 heteroatoms. The maximum absolute atomic E-state index is 12.7. The van der Waals surface area contributed by atoms with Crippen LogP contribution in [0, 0.1) is 0 Å². The van der Waals surface area contributed by atoms with E-state index in [-0.39, 0.29) is 4.90 Å². The van der Waals surface area contributed by atoms with Crippen molar-refractivity contribution in [2.45, 2.75) is 11.3 Å². The third-order valence-electron chi connectivity index (χ3n) is 3.48. The number of halogens is 3. The van der Waals surface area contributed by atoms with Gasteiger partial charge in [-0.25, -0.2) is 8.42 Å². The van der Waals surface area contributed by atoms with Gasteiger partial charge in [-0.05, 0) is 47.1 Å². The first-order chi connectivity index (χ1) is 9.95. The minimum Gasteiger partial charge on any atom is -0.301 e. The topological polar surface area (TPSA) is 40.6 Å². The summed E-state index contributed by atoms with van der Waals surface area (Å²) >= 11 is 12.6. The van der Waals surface area contributed by atoms with E-state index in [1.807, 2.05) is 0 Å². The van der Waals surface area contributed by atoms with E-state index in [0.29, 0.717) is 22.6 Å². The smallest absolute Gasteiger partial charge is 0.243 e. The lowest BCUT2D eigenvalue weighted by atomic mass is 10.4. The number of alkyl halides is 1. The summed E-state index contributed by atoms with van der Waals surface area (Å²) in [5.74, 6) is 0. The monoisotopic (exact) mass is 458 g/mol. The van der Waals surface area contributed by atoms with Gasteiger partial charge < -0.3 is 4.90 Å². The van der Waals surface area contributed by atoms with Gasteiger partial charge in [-0.1, -0.05) is 27.5 Å². The Balaban J connectivity index is 2.17. The average molecular weight is 461 g/mol. The summed E-state index contributed by atoms with van der Waals surface area (Å²) in [5, 5.41) is 1.41. The van der Waals surface area contributed by atoms with Gasteiger partial charge in [0.1, 0.15) is 0 Å². The molecule has 0 amide bonds. The van der Waals surface area contributed by atoms with Crippen molar-refractivity contribution in [2.75, 3.05) is 38.1 Å². The van der Waals surface area contributed by atoms with Crippen LogP contribution in [0.3, 0.4) is 0 Å². The summed E-state index contributed by atoms with van der Waals surface area (Å²) < 4.78 is 27.6. The first kappa shape index (κ1) is 17.7. The van der Waals surface area contributed by atoms with E-state index in [4.69, 9.17) is 11.6 Å². The molecular formula is C13H17Br2ClN2O2S. The molecule has 0 bridgehead atoms. The van der Waals surface area contributed by atoms with Gasteiger partial charge in [0, 0.05) is 36.0 Å². The van der Waals surface area contributed by atoms with E-state index in [1.165, 1.54) is 0 Å². The van der Waals surface area contributed by atoms with Crippen LogP contribution in [-0.2, 0) is 10.0 Å². The van der Waals surface area contributed by atoms with E-state index in [0.717, 1.165) is 31.4 Å². The molecule has 0 spiro atoms. The van der Waals surface area contributed by atoms with Crippen LogP contribution in [0.1, 0.15) is 6.42 Å². The Kier molecular flexibility index (Phi) is 6.52. The quantitative estimate of drug-likeness (QED) is 0.648. The van der Waals surface area contributed by atoms with Gasteiger partial charge >= 0.3 is 0 Å². The average Bonchev–Trinajstić information content (AvgIpc) is 2.68. The third kappa shape index (κ3) is 4.42. The first-order valence-corrected chi connectivity index (χ1v) is 10.4. The molecule has 118 valence electrons. The predicted octanol–water partition coefficient (Wildman–Crippen LogP) is 3.19.